The summed E-state index contributed by atoms with van der Waals surface area (Å²) in [6.07, 6.45) is 3.75. The summed E-state index contributed by atoms with van der Waals surface area (Å²) >= 11 is 10.9. The van der Waals surface area contributed by atoms with Gasteiger partial charge in [0.25, 0.3) is 0 Å². The van der Waals surface area contributed by atoms with Crippen molar-refractivity contribution in [3.8, 4) is 0 Å². The summed E-state index contributed by atoms with van der Waals surface area (Å²) in [5, 5.41) is 0. The lowest BCUT2D eigenvalue weighted by Crippen LogP contribution is -1.98. The summed E-state index contributed by atoms with van der Waals surface area (Å²) in [6, 6.07) is 0. The Morgan fingerprint density at radius 2 is 1.08 bits per heavy atom. The largest absolute Gasteiger partial charge is 0.333 e. The Kier molecular flexibility index (Phi) is 21.3. The summed E-state index contributed by atoms with van der Waals surface area (Å²) in [7, 11) is 14.2. The van der Waals surface area contributed by atoms with E-state index in [2.05, 4.69) is 0 Å². The van der Waals surface area contributed by atoms with Crippen LogP contribution < -0.4 is 0 Å². The lowest BCUT2D eigenvalue weighted by atomic mass is 10.6. The summed E-state index contributed by atoms with van der Waals surface area (Å²) in [4.78, 5) is 0. The van der Waals surface area contributed by atoms with Gasteiger partial charge in [-0.2, -0.15) is 0 Å². The van der Waals surface area contributed by atoms with Crippen LogP contribution >= 0.6 is 73.9 Å². The van der Waals surface area contributed by atoms with E-state index in [1.54, 1.807) is 33.9 Å². The molecular weight excluding hydrogens is 527 g/mol. The van der Waals surface area contributed by atoms with Crippen LogP contribution in [0, 0.1) is 0 Å². The SMILES string of the molecule is CCOP(=S)(CCCSSSSSSCCCP(=S)(OC)OCC)OC. The van der Waals surface area contributed by atoms with Crippen molar-refractivity contribution in [3.63, 3.8) is 0 Å². The van der Waals surface area contributed by atoms with Crippen molar-refractivity contribution in [2.75, 3.05) is 51.3 Å². The fourth-order valence-corrected chi connectivity index (χ4v) is 17.8. The summed E-state index contributed by atoms with van der Waals surface area (Å²) in [5.41, 5.74) is 0. The van der Waals surface area contributed by atoms with Gasteiger partial charge in [0.05, 0.1) is 13.2 Å². The molecule has 0 aliphatic rings. The van der Waals surface area contributed by atoms with Gasteiger partial charge < -0.3 is 18.1 Å². The highest BCUT2D eigenvalue weighted by Gasteiger charge is 2.16. The zero-order valence-corrected chi connectivity index (χ0v) is 23.8. The Bertz CT molecular complexity index is 394. The van der Waals surface area contributed by atoms with E-state index in [9.17, 15) is 0 Å². The van der Waals surface area contributed by atoms with Crippen LogP contribution in [-0.2, 0) is 41.7 Å². The molecule has 0 aliphatic carbocycles. The van der Waals surface area contributed by atoms with E-state index in [1.165, 1.54) is 0 Å². The van der Waals surface area contributed by atoms with E-state index < -0.39 is 13.0 Å². The molecule has 0 aromatic heterocycles. The van der Waals surface area contributed by atoms with Gasteiger partial charge in [0.1, 0.15) is 0 Å². The predicted octanol–water partition coefficient (Wildman–Crippen LogP) is 7.73. The molecule has 0 saturated carbocycles. The lowest BCUT2D eigenvalue weighted by Gasteiger charge is -2.18. The average Bonchev–Trinajstić information content (AvgIpc) is 2.63. The van der Waals surface area contributed by atoms with E-state index in [-0.39, 0.29) is 0 Å². The monoisotopic (exact) mass is 554 g/mol. The molecule has 0 heterocycles. The van der Waals surface area contributed by atoms with Crippen LogP contribution in [0.25, 0.3) is 0 Å². The molecule has 0 aromatic rings. The van der Waals surface area contributed by atoms with Crippen molar-refractivity contribution in [2.45, 2.75) is 26.7 Å². The molecule has 26 heavy (non-hydrogen) atoms. The Balaban J connectivity index is 3.47. The second kappa shape index (κ2) is 19.0. The first-order valence-electron chi connectivity index (χ1n) is 7.95. The van der Waals surface area contributed by atoms with Gasteiger partial charge in [0, 0.05) is 38.0 Å². The maximum Gasteiger partial charge on any atom is 0.188 e. The second-order valence-electron chi connectivity index (χ2n) is 4.49. The smallest absolute Gasteiger partial charge is 0.188 e. The van der Waals surface area contributed by atoms with E-state index >= 15 is 0 Å². The highest BCUT2D eigenvalue weighted by atomic mass is 33.9. The van der Waals surface area contributed by atoms with Gasteiger partial charge in [0.2, 0.25) is 0 Å². The Morgan fingerprint density at radius 1 is 0.692 bits per heavy atom. The van der Waals surface area contributed by atoms with E-state index in [0.29, 0.717) is 13.2 Å². The first kappa shape index (κ1) is 29.2. The van der Waals surface area contributed by atoms with Gasteiger partial charge in [-0.05, 0) is 89.6 Å². The van der Waals surface area contributed by atoms with E-state index in [0.717, 1.165) is 36.7 Å². The molecule has 0 amide bonds. The number of rotatable bonds is 19. The molecule has 4 nitrogen and oxygen atoms in total. The van der Waals surface area contributed by atoms with Gasteiger partial charge in [0.15, 0.2) is 13.0 Å². The molecule has 0 N–H and O–H groups in total. The highest BCUT2D eigenvalue weighted by Crippen LogP contribution is 2.54. The molecular formula is C12H28O4P2S8. The zero-order chi connectivity index (χ0) is 19.7. The van der Waals surface area contributed by atoms with Gasteiger partial charge >= 0.3 is 0 Å². The quantitative estimate of drug-likeness (QED) is 0.0891. The summed E-state index contributed by atoms with van der Waals surface area (Å²) < 4.78 is 21.9. The fraction of sp³-hybridized carbons (Fsp3) is 1.00. The van der Waals surface area contributed by atoms with Crippen molar-refractivity contribution in [1.82, 2.24) is 0 Å². The molecule has 14 heteroatoms. The summed E-state index contributed by atoms with van der Waals surface area (Å²) in [6.45, 7) is 1.11. The third kappa shape index (κ3) is 16.0. The topological polar surface area (TPSA) is 36.9 Å². The molecule has 2 unspecified atom stereocenters. The van der Waals surface area contributed by atoms with E-state index in [1.807, 2.05) is 55.1 Å². The third-order valence-electron chi connectivity index (χ3n) is 2.71. The first-order chi connectivity index (χ1) is 12.4. The van der Waals surface area contributed by atoms with Crippen LogP contribution in [0.1, 0.15) is 26.7 Å². The van der Waals surface area contributed by atoms with Crippen LogP contribution in [0.3, 0.4) is 0 Å². The Labute approximate surface area is 192 Å². The highest BCUT2D eigenvalue weighted by molar-refractivity contribution is 9.41. The predicted molar refractivity (Wildman–Crippen MR) is 140 cm³/mol. The minimum Gasteiger partial charge on any atom is -0.333 e. The molecule has 0 radical (unpaired) electrons. The van der Waals surface area contributed by atoms with Gasteiger partial charge in [-0.1, -0.05) is 21.6 Å². The molecule has 0 spiro atoms. The second-order valence-corrected chi connectivity index (χ2v) is 22.2. The Morgan fingerprint density at radius 3 is 1.38 bits per heavy atom. The third-order valence-corrected chi connectivity index (χ3v) is 20.6. The van der Waals surface area contributed by atoms with Gasteiger partial charge in [-0.25, -0.2) is 0 Å². The van der Waals surface area contributed by atoms with Crippen LogP contribution in [0.15, 0.2) is 0 Å². The molecule has 2 atom stereocenters. The molecule has 0 fully saturated rings. The number of hydrogen-bond donors (Lipinski definition) is 0. The number of hydrogen-bond acceptors (Lipinski definition) is 12. The van der Waals surface area contributed by atoms with Crippen LogP contribution in [0.5, 0.6) is 0 Å². The minimum atomic E-state index is -2.03. The van der Waals surface area contributed by atoms with Crippen LogP contribution in [-0.4, -0.2) is 51.3 Å². The average molecular weight is 555 g/mol. The molecule has 0 saturated heterocycles. The van der Waals surface area contributed by atoms with Crippen LogP contribution in [0.4, 0.5) is 0 Å². The first-order valence-corrected chi connectivity index (χ1v) is 21.4. The van der Waals surface area contributed by atoms with E-state index in [4.69, 9.17) is 41.7 Å². The molecule has 0 rings (SSSR count). The normalized spacial score (nSPS) is 16.3. The zero-order valence-electron chi connectivity index (χ0n) is 15.5. The van der Waals surface area contributed by atoms with Crippen molar-refractivity contribution in [3.05, 3.63) is 0 Å². The van der Waals surface area contributed by atoms with Gasteiger partial charge in [-0.3, -0.25) is 0 Å². The van der Waals surface area contributed by atoms with Gasteiger partial charge in [-0.15, -0.1) is 0 Å². The molecule has 0 bridgehead atoms. The van der Waals surface area contributed by atoms with Crippen molar-refractivity contribution in [1.29, 1.82) is 0 Å². The Hall–Kier alpha value is 3.24. The molecule has 158 valence electrons. The van der Waals surface area contributed by atoms with Crippen molar-refractivity contribution < 1.29 is 18.1 Å². The van der Waals surface area contributed by atoms with Crippen molar-refractivity contribution in [2.24, 2.45) is 0 Å². The van der Waals surface area contributed by atoms with Crippen LogP contribution in [0.2, 0.25) is 0 Å². The fourth-order valence-electron chi connectivity index (χ4n) is 1.57. The summed E-state index contributed by atoms with van der Waals surface area (Å²) in [5.74, 6) is 2.12. The molecule has 0 aliphatic heterocycles. The molecule has 0 aromatic carbocycles. The standard InChI is InChI=1S/C12H28O4P2S8/c1-5-15-17(19,13-3)9-7-11-21-23-25-26-24-22-12-8-10-18(20,14-4)16-6-2/h5-12H2,1-4H3. The lowest BCUT2D eigenvalue weighted by molar-refractivity contribution is 0.295. The minimum absolute atomic E-state index is 0.626. The maximum atomic E-state index is 5.56. The maximum absolute atomic E-state index is 5.56. The van der Waals surface area contributed by atoms with Crippen molar-refractivity contribution >= 4 is 97.5 Å².